The SMILES string of the molecule is CC(=O)N[C@@H](Cc1ccc(O)cc1)C(=O)N[C@H]1CSSC[C@@H](C(=O)O)NC(=O)[C@@H]2CCCN2C(=O)[C@H]([C@@H](C)O)NC1=O. The Morgan fingerprint density at radius 2 is 1.74 bits per heavy atom. The van der Waals surface area contributed by atoms with Crippen molar-refractivity contribution < 1.29 is 44.1 Å². The number of benzene rings is 1. The number of carbonyl (C=O) groups excluding carboxylic acids is 5. The monoisotopic (exact) mass is 625 g/mol. The van der Waals surface area contributed by atoms with Crippen molar-refractivity contribution in [2.75, 3.05) is 18.1 Å². The number of aliphatic hydroxyl groups excluding tert-OH is 1. The molecule has 14 nitrogen and oxygen atoms in total. The molecule has 0 aliphatic carbocycles. The van der Waals surface area contributed by atoms with Gasteiger partial charge in [0.15, 0.2) is 0 Å². The van der Waals surface area contributed by atoms with E-state index in [4.69, 9.17) is 0 Å². The van der Waals surface area contributed by atoms with E-state index in [-0.39, 0.29) is 36.6 Å². The topological polar surface area (TPSA) is 214 Å². The fourth-order valence-corrected chi connectivity index (χ4v) is 6.90. The van der Waals surface area contributed by atoms with E-state index in [0.29, 0.717) is 12.0 Å². The number of nitrogens with one attached hydrogen (secondary N) is 4. The highest BCUT2D eigenvalue weighted by Gasteiger charge is 2.41. The first-order chi connectivity index (χ1) is 19.9. The third kappa shape index (κ3) is 9.00. The van der Waals surface area contributed by atoms with Crippen molar-refractivity contribution in [2.24, 2.45) is 0 Å². The molecule has 1 aromatic carbocycles. The quantitative estimate of drug-likeness (QED) is 0.178. The molecule has 2 aliphatic rings. The number of carboxylic acids is 1. The third-order valence-electron chi connectivity index (χ3n) is 6.76. The summed E-state index contributed by atoms with van der Waals surface area (Å²) in [6, 6.07) is 0.0346. The van der Waals surface area contributed by atoms with Crippen LogP contribution in [0, 0.1) is 0 Å². The lowest BCUT2D eigenvalue weighted by atomic mass is 10.0. The molecule has 6 atom stereocenters. The van der Waals surface area contributed by atoms with Crippen LogP contribution < -0.4 is 21.3 Å². The van der Waals surface area contributed by atoms with Crippen LogP contribution in [-0.4, -0.2) is 110 Å². The normalized spacial score (nSPS) is 25.2. The van der Waals surface area contributed by atoms with Crippen LogP contribution in [0.5, 0.6) is 5.75 Å². The molecule has 0 saturated carbocycles. The molecule has 0 aromatic heterocycles. The van der Waals surface area contributed by atoms with Gasteiger partial charge in [-0.1, -0.05) is 33.7 Å². The molecule has 0 unspecified atom stereocenters. The van der Waals surface area contributed by atoms with Crippen LogP contribution in [0.1, 0.15) is 32.3 Å². The van der Waals surface area contributed by atoms with E-state index in [1.165, 1.54) is 30.9 Å². The van der Waals surface area contributed by atoms with Crippen molar-refractivity contribution in [2.45, 2.75) is 69.4 Å². The maximum Gasteiger partial charge on any atom is 0.327 e. The average Bonchev–Trinajstić information content (AvgIpc) is 3.42. The van der Waals surface area contributed by atoms with E-state index in [1.807, 2.05) is 0 Å². The number of aliphatic carboxylic acids is 1. The lowest BCUT2D eigenvalue weighted by Gasteiger charge is -2.32. The summed E-state index contributed by atoms with van der Waals surface area (Å²) in [6.45, 7) is 2.72. The molecule has 5 amide bonds. The Morgan fingerprint density at radius 3 is 2.36 bits per heavy atom. The van der Waals surface area contributed by atoms with E-state index in [0.717, 1.165) is 21.6 Å². The molecule has 1 aromatic rings. The van der Waals surface area contributed by atoms with Crippen LogP contribution in [0.3, 0.4) is 0 Å². The van der Waals surface area contributed by atoms with Gasteiger partial charge >= 0.3 is 5.97 Å². The summed E-state index contributed by atoms with van der Waals surface area (Å²) in [5.74, 6) is -4.68. The standard InChI is InChI=1S/C26H35N5O9S2/c1-13(32)21-25(38)31-9-3-4-20(31)24(37)29-19(26(39)40)12-42-41-11-18(23(36)30-21)28-22(35)17(27-14(2)33)10-15-5-7-16(34)8-6-15/h5-8,13,17-21,32,34H,3-4,9-12H2,1-2H3,(H,27,33)(H,28,35)(H,29,37)(H,30,36)(H,39,40)/t13-,17+,18+,19+,20+,21+/m1/s1. The Balaban J connectivity index is 1.86. The molecule has 0 spiro atoms. The molecular weight excluding hydrogens is 590 g/mol. The van der Waals surface area contributed by atoms with Crippen molar-refractivity contribution in [3.05, 3.63) is 29.8 Å². The maximum atomic E-state index is 13.4. The fourth-order valence-electron chi connectivity index (χ4n) is 4.58. The van der Waals surface area contributed by atoms with Crippen LogP contribution in [0.4, 0.5) is 0 Å². The van der Waals surface area contributed by atoms with Crippen LogP contribution in [0.2, 0.25) is 0 Å². The predicted molar refractivity (Wildman–Crippen MR) is 154 cm³/mol. The average molecular weight is 626 g/mol. The van der Waals surface area contributed by atoms with Gasteiger partial charge in [0, 0.05) is 31.4 Å². The zero-order valence-electron chi connectivity index (χ0n) is 23.1. The van der Waals surface area contributed by atoms with Crippen molar-refractivity contribution in [3.8, 4) is 5.75 Å². The number of nitrogens with zero attached hydrogens (tertiary/aromatic N) is 1. The number of carboxylic acid groups (broad SMARTS) is 1. The highest BCUT2D eigenvalue weighted by Crippen LogP contribution is 2.25. The van der Waals surface area contributed by atoms with Crippen molar-refractivity contribution in [3.63, 3.8) is 0 Å². The van der Waals surface area contributed by atoms with Gasteiger partial charge in [-0.25, -0.2) is 4.79 Å². The minimum absolute atomic E-state index is 0.0253. The first-order valence-electron chi connectivity index (χ1n) is 13.3. The van der Waals surface area contributed by atoms with Gasteiger partial charge in [0.05, 0.1) is 6.10 Å². The molecule has 42 heavy (non-hydrogen) atoms. The van der Waals surface area contributed by atoms with Crippen molar-refractivity contribution in [1.82, 2.24) is 26.2 Å². The summed E-state index contributed by atoms with van der Waals surface area (Å²) in [6.07, 6.45) is -0.550. The second-order valence-electron chi connectivity index (χ2n) is 10.1. The number of rotatable bonds is 7. The number of hydrogen-bond acceptors (Lipinski definition) is 10. The van der Waals surface area contributed by atoms with Crippen LogP contribution in [0.25, 0.3) is 0 Å². The van der Waals surface area contributed by atoms with Gasteiger partial charge in [-0.2, -0.15) is 0 Å². The van der Waals surface area contributed by atoms with Gasteiger partial charge in [-0.3, -0.25) is 24.0 Å². The summed E-state index contributed by atoms with van der Waals surface area (Å²) in [5.41, 5.74) is 0.629. The van der Waals surface area contributed by atoms with Gasteiger partial charge in [0.1, 0.15) is 36.0 Å². The Morgan fingerprint density at radius 1 is 1.07 bits per heavy atom. The molecule has 2 fully saturated rings. The molecule has 0 bridgehead atoms. The number of aromatic hydroxyl groups is 1. The summed E-state index contributed by atoms with van der Waals surface area (Å²) in [7, 11) is 2.14. The molecular formula is C26H35N5O9S2. The van der Waals surface area contributed by atoms with Crippen LogP contribution in [0.15, 0.2) is 24.3 Å². The minimum atomic E-state index is -1.44. The predicted octanol–water partition coefficient (Wildman–Crippen LogP) is -1.25. The van der Waals surface area contributed by atoms with Gasteiger partial charge in [0.25, 0.3) is 0 Å². The summed E-state index contributed by atoms with van der Waals surface area (Å²) >= 11 is 0. The second-order valence-corrected chi connectivity index (χ2v) is 12.6. The van der Waals surface area contributed by atoms with Gasteiger partial charge in [0.2, 0.25) is 29.5 Å². The van der Waals surface area contributed by atoms with E-state index in [9.17, 15) is 44.1 Å². The highest BCUT2D eigenvalue weighted by molar-refractivity contribution is 8.76. The smallest absolute Gasteiger partial charge is 0.327 e. The molecule has 16 heteroatoms. The first-order valence-corrected chi connectivity index (χ1v) is 15.8. The molecule has 2 aliphatic heterocycles. The van der Waals surface area contributed by atoms with Crippen molar-refractivity contribution >= 4 is 57.1 Å². The number of fused-ring (bicyclic) bond motifs is 1. The Hall–Kier alpha value is -3.50. The highest BCUT2D eigenvalue weighted by atomic mass is 33.1. The number of amides is 5. The molecule has 2 saturated heterocycles. The third-order valence-corrected chi connectivity index (χ3v) is 9.18. The van der Waals surface area contributed by atoms with E-state index < -0.39 is 71.8 Å². The summed E-state index contributed by atoms with van der Waals surface area (Å²) in [5, 5.41) is 39.7. The number of carbonyl (C=O) groups is 6. The molecule has 3 rings (SSSR count). The Bertz CT molecular complexity index is 1180. The van der Waals surface area contributed by atoms with E-state index in [2.05, 4.69) is 21.3 Å². The number of aliphatic hydroxyl groups is 1. The number of hydrogen-bond donors (Lipinski definition) is 7. The second kappa shape index (κ2) is 15.1. The number of phenolic OH excluding ortho intramolecular Hbond substituents is 1. The van der Waals surface area contributed by atoms with Gasteiger partial charge in [-0.15, -0.1) is 0 Å². The van der Waals surface area contributed by atoms with E-state index >= 15 is 0 Å². The minimum Gasteiger partial charge on any atom is -0.508 e. The van der Waals surface area contributed by atoms with Crippen molar-refractivity contribution in [1.29, 1.82) is 0 Å². The Labute approximate surface area is 250 Å². The number of phenols is 1. The zero-order chi connectivity index (χ0) is 31.0. The largest absolute Gasteiger partial charge is 0.508 e. The maximum absolute atomic E-state index is 13.4. The lowest BCUT2D eigenvalue weighted by molar-refractivity contribution is -0.145. The molecule has 7 N–H and O–H groups in total. The summed E-state index contributed by atoms with van der Waals surface area (Å²) in [4.78, 5) is 78.0. The van der Waals surface area contributed by atoms with Crippen LogP contribution >= 0.6 is 21.6 Å². The molecule has 0 radical (unpaired) electrons. The lowest BCUT2D eigenvalue weighted by Crippen LogP contribution is -2.61. The van der Waals surface area contributed by atoms with Crippen LogP contribution in [-0.2, 0) is 35.2 Å². The van der Waals surface area contributed by atoms with Gasteiger partial charge in [-0.05, 0) is 37.5 Å². The zero-order valence-corrected chi connectivity index (χ0v) is 24.7. The van der Waals surface area contributed by atoms with E-state index in [1.54, 1.807) is 12.1 Å². The first kappa shape index (κ1) is 33.0. The molecule has 230 valence electrons. The molecule has 2 heterocycles. The summed E-state index contributed by atoms with van der Waals surface area (Å²) < 4.78 is 0. The Kier molecular flexibility index (Phi) is 11.9. The fraction of sp³-hybridized carbons (Fsp3) is 0.538. The van der Waals surface area contributed by atoms with Gasteiger partial charge < -0.3 is 41.5 Å².